The lowest BCUT2D eigenvalue weighted by molar-refractivity contribution is -0.116. The van der Waals surface area contributed by atoms with Crippen molar-refractivity contribution in [1.29, 1.82) is 0 Å². The average Bonchev–Trinajstić information content (AvgIpc) is 2.50. The smallest absolute Gasteiger partial charge is 0.339 e. The number of benzene rings is 1. The third-order valence-corrected chi connectivity index (χ3v) is 3.05. The van der Waals surface area contributed by atoms with Crippen molar-refractivity contribution in [2.24, 2.45) is 0 Å². The monoisotopic (exact) mass is 300 g/mol. The highest BCUT2D eigenvalue weighted by Crippen LogP contribution is 2.15. The van der Waals surface area contributed by atoms with Crippen molar-refractivity contribution in [3.8, 4) is 0 Å². The van der Waals surface area contributed by atoms with Gasteiger partial charge in [0.2, 0.25) is 5.91 Å². The molecule has 114 valence electrons. The van der Waals surface area contributed by atoms with Gasteiger partial charge in [0.05, 0.1) is 18.4 Å². The van der Waals surface area contributed by atoms with Gasteiger partial charge in [0.15, 0.2) is 0 Å². The fourth-order valence-electron chi connectivity index (χ4n) is 2.00. The number of pyridine rings is 1. The first-order valence-corrected chi connectivity index (χ1v) is 6.65. The van der Waals surface area contributed by atoms with Crippen molar-refractivity contribution < 1.29 is 14.3 Å². The number of rotatable bonds is 4. The topological polar surface area (TPSA) is 77.4 Å². The number of para-hydroxylation sites is 1. The summed E-state index contributed by atoms with van der Waals surface area (Å²) in [4.78, 5) is 35.4. The van der Waals surface area contributed by atoms with Crippen molar-refractivity contribution in [1.82, 2.24) is 4.57 Å². The van der Waals surface area contributed by atoms with E-state index in [1.54, 1.807) is 36.5 Å². The largest absolute Gasteiger partial charge is 0.465 e. The molecule has 22 heavy (non-hydrogen) atoms. The number of esters is 1. The Morgan fingerprint density at radius 2 is 1.91 bits per heavy atom. The highest BCUT2D eigenvalue weighted by atomic mass is 16.5. The highest BCUT2D eigenvalue weighted by molar-refractivity contribution is 6.01. The first-order valence-electron chi connectivity index (χ1n) is 6.65. The van der Waals surface area contributed by atoms with E-state index in [2.05, 4.69) is 10.1 Å². The number of hydrogen-bond donors (Lipinski definition) is 1. The zero-order valence-electron chi connectivity index (χ0n) is 12.3. The van der Waals surface area contributed by atoms with Crippen LogP contribution in [0.25, 0.3) is 0 Å². The second kappa shape index (κ2) is 6.71. The first kappa shape index (κ1) is 15.5. The second-order valence-electron chi connectivity index (χ2n) is 4.76. The number of carbonyl (C=O) groups excluding carboxylic acids is 2. The molecule has 0 aliphatic rings. The molecule has 1 N–H and O–H groups in total. The number of nitrogens with one attached hydrogen (secondary N) is 1. The molecule has 0 fully saturated rings. The predicted molar refractivity (Wildman–Crippen MR) is 81.9 cm³/mol. The molecule has 1 aromatic carbocycles. The predicted octanol–water partition coefficient (Wildman–Crippen LogP) is 1.58. The van der Waals surface area contributed by atoms with Crippen molar-refractivity contribution in [2.45, 2.75) is 13.5 Å². The van der Waals surface area contributed by atoms with Gasteiger partial charge in [0, 0.05) is 12.3 Å². The van der Waals surface area contributed by atoms with Crippen LogP contribution in [0.2, 0.25) is 0 Å². The van der Waals surface area contributed by atoms with Gasteiger partial charge in [-0.25, -0.2) is 4.79 Å². The van der Waals surface area contributed by atoms with Crippen LogP contribution < -0.4 is 10.9 Å². The molecule has 0 unspecified atom stereocenters. The van der Waals surface area contributed by atoms with E-state index in [9.17, 15) is 14.4 Å². The van der Waals surface area contributed by atoms with Crippen LogP contribution in [0.4, 0.5) is 5.69 Å². The summed E-state index contributed by atoms with van der Waals surface area (Å²) >= 11 is 0. The molecule has 0 aliphatic carbocycles. The lowest BCUT2D eigenvalue weighted by Gasteiger charge is -2.10. The van der Waals surface area contributed by atoms with Crippen LogP contribution in [-0.4, -0.2) is 23.6 Å². The van der Waals surface area contributed by atoms with Gasteiger partial charge in [0.1, 0.15) is 6.54 Å². The van der Waals surface area contributed by atoms with Gasteiger partial charge in [-0.1, -0.05) is 18.2 Å². The van der Waals surface area contributed by atoms with E-state index >= 15 is 0 Å². The Hall–Kier alpha value is -2.89. The molecule has 2 rings (SSSR count). The molecule has 1 aromatic heterocycles. The van der Waals surface area contributed by atoms with E-state index in [0.29, 0.717) is 5.69 Å². The number of aryl methyl sites for hydroxylation is 1. The molecule has 1 heterocycles. The number of anilines is 1. The number of ether oxygens (including phenoxy) is 1. The van der Waals surface area contributed by atoms with E-state index < -0.39 is 11.9 Å². The van der Waals surface area contributed by atoms with Crippen LogP contribution in [-0.2, 0) is 16.1 Å². The quantitative estimate of drug-likeness (QED) is 0.870. The summed E-state index contributed by atoms with van der Waals surface area (Å²) in [5, 5.41) is 2.62. The van der Waals surface area contributed by atoms with E-state index in [4.69, 9.17) is 0 Å². The first-order chi connectivity index (χ1) is 10.5. The van der Waals surface area contributed by atoms with Crippen molar-refractivity contribution in [3.05, 3.63) is 64.1 Å². The molecule has 0 aliphatic heterocycles. The summed E-state index contributed by atoms with van der Waals surface area (Å²) in [5.41, 5.74) is 1.22. The van der Waals surface area contributed by atoms with Gasteiger partial charge in [0.25, 0.3) is 5.56 Å². The zero-order chi connectivity index (χ0) is 16.1. The molecular weight excluding hydrogens is 284 g/mol. The molecule has 0 bridgehead atoms. The minimum absolute atomic E-state index is 0.129. The van der Waals surface area contributed by atoms with Gasteiger partial charge in [-0.3, -0.25) is 9.59 Å². The Balaban J connectivity index is 2.18. The lowest BCUT2D eigenvalue weighted by Crippen LogP contribution is -2.27. The van der Waals surface area contributed by atoms with E-state index in [1.165, 1.54) is 17.7 Å². The van der Waals surface area contributed by atoms with Crippen LogP contribution in [0.15, 0.2) is 47.4 Å². The third kappa shape index (κ3) is 3.60. The van der Waals surface area contributed by atoms with Crippen LogP contribution in [0.5, 0.6) is 0 Å². The molecule has 0 spiro atoms. The SMILES string of the molecule is COC(=O)c1ccccc1NC(=O)Cn1cc(C)ccc1=O. The van der Waals surface area contributed by atoms with Gasteiger partial charge in [-0.05, 0) is 24.6 Å². The molecule has 0 radical (unpaired) electrons. The van der Waals surface area contributed by atoms with Crippen molar-refractivity contribution >= 4 is 17.6 Å². The minimum Gasteiger partial charge on any atom is -0.465 e. The minimum atomic E-state index is -0.538. The number of aromatic nitrogens is 1. The summed E-state index contributed by atoms with van der Waals surface area (Å²) < 4.78 is 5.98. The van der Waals surface area contributed by atoms with E-state index in [1.807, 2.05) is 6.92 Å². The van der Waals surface area contributed by atoms with Crippen LogP contribution in [0.1, 0.15) is 15.9 Å². The highest BCUT2D eigenvalue weighted by Gasteiger charge is 2.13. The Morgan fingerprint density at radius 3 is 2.64 bits per heavy atom. The van der Waals surface area contributed by atoms with E-state index in [-0.39, 0.29) is 17.7 Å². The summed E-state index contributed by atoms with van der Waals surface area (Å²) in [5.74, 6) is -0.937. The molecule has 6 heteroatoms. The Bertz CT molecular complexity index is 765. The second-order valence-corrected chi connectivity index (χ2v) is 4.76. The molecule has 0 atom stereocenters. The Kier molecular flexibility index (Phi) is 4.73. The number of hydrogen-bond acceptors (Lipinski definition) is 4. The Labute approximate surface area is 127 Å². The summed E-state index contributed by atoms with van der Waals surface area (Å²) in [6.07, 6.45) is 1.61. The van der Waals surface area contributed by atoms with Gasteiger partial charge < -0.3 is 14.6 Å². The fraction of sp³-hybridized carbons (Fsp3) is 0.188. The Morgan fingerprint density at radius 1 is 1.18 bits per heavy atom. The number of nitrogens with zero attached hydrogens (tertiary/aromatic N) is 1. The number of methoxy groups -OCH3 is 1. The molecule has 1 amide bonds. The van der Waals surface area contributed by atoms with Gasteiger partial charge in [-0.15, -0.1) is 0 Å². The fourth-order valence-corrected chi connectivity index (χ4v) is 2.00. The summed E-state index contributed by atoms with van der Waals surface area (Å²) in [6, 6.07) is 9.62. The number of carbonyl (C=O) groups is 2. The summed E-state index contributed by atoms with van der Waals surface area (Å²) in [6.45, 7) is 1.70. The lowest BCUT2D eigenvalue weighted by atomic mass is 10.2. The normalized spacial score (nSPS) is 10.1. The standard InChI is InChI=1S/C16H16N2O4/c1-11-7-8-15(20)18(9-11)10-14(19)17-13-6-4-3-5-12(13)16(21)22-2/h3-9H,10H2,1-2H3,(H,17,19). The van der Waals surface area contributed by atoms with Crippen LogP contribution in [0, 0.1) is 6.92 Å². The molecule has 6 nitrogen and oxygen atoms in total. The maximum absolute atomic E-state index is 12.1. The maximum Gasteiger partial charge on any atom is 0.339 e. The molecule has 0 saturated carbocycles. The van der Waals surface area contributed by atoms with E-state index in [0.717, 1.165) is 5.56 Å². The van der Waals surface area contributed by atoms with Gasteiger partial charge >= 0.3 is 5.97 Å². The molecule has 0 saturated heterocycles. The van der Waals surface area contributed by atoms with Crippen molar-refractivity contribution in [3.63, 3.8) is 0 Å². The third-order valence-electron chi connectivity index (χ3n) is 3.05. The molecule has 2 aromatic rings. The van der Waals surface area contributed by atoms with Gasteiger partial charge in [-0.2, -0.15) is 0 Å². The zero-order valence-corrected chi connectivity index (χ0v) is 12.3. The maximum atomic E-state index is 12.1. The number of amides is 1. The summed E-state index contributed by atoms with van der Waals surface area (Å²) in [7, 11) is 1.27. The van der Waals surface area contributed by atoms with Crippen LogP contribution in [0.3, 0.4) is 0 Å². The molecular formula is C16H16N2O4. The van der Waals surface area contributed by atoms with Crippen LogP contribution >= 0.6 is 0 Å². The average molecular weight is 300 g/mol. The van der Waals surface area contributed by atoms with Crippen molar-refractivity contribution in [2.75, 3.05) is 12.4 Å².